The summed E-state index contributed by atoms with van der Waals surface area (Å²) in [5.74, 6) is 1.30. The lowest BCUT2D eigenvalue weighted by atomic mass is 9.85. The van der Waals surface area contributed by atoms with Gasteiger partial charge < -0.3 is 10.2 Å². The molecule has 1 aliphatic heterocycles. The van der Waals surface area contributed by atoms with E-state index >= 15 is 0 Å². The molecule has 0 aromatic carbocycles. The summed E-state index contributed by atoms with van der Waals surface area (Å²) in [4.78, 5) is 2.61. The third-order valence-electron chi connectivity index (χ3n) is 3.13. The Labute approximate surface area is 99.2 Å². The zero-order valence-corrected chi connectivity index (χ0v) is 11.5. The largest absolute Gasteiger partial charge is 0.311 e. The molecule has 3 heteroatoms. The van der Waals surface area contributed by atoms with Gasteiger partial charge in [-0.25, -0.2) is 0 Å². The fourth-order valence-corrected chi connectivity index (χ4v) is 2.44. The van der Waals surface area contributed by atoms with E-state index in [0.29, 0.717) is 11.5 Å². The van der Waals surface area contributed by atoms with Crippen molar-refractivity contribution < 1.29 is 0 Å². The molecule has 15 heavy (non-hydrogen) atoms. The second-order valence-corrected chi connectivity index (χ2v) is 6.51. The van der Waals surface area contributed by atoms with Crippen molar-refractivity contribution in [2.45, 2.75) is 33.2 Å². The van der Waals surface area contributed by atoms with Crippen LogP contribution in [0, 0.1) is 5.41 Å². The fourth-order valence-electron chi connectivity index (χ4n) is 2.03. The molecular weight excluding hydrogens is 204 g/mol. The predicted molar refractivity (Wildman–Crippen MR) is 70.7 cm³/mol. The van der Waals surface area contributed by atoms with Gasteiger partial charge in [-0.15, -0.1) is 0 Å². The Morgan fingerprint density at radius 3 is 2.73 bits per heavy atom. The lowest BCUT2D eigenvalue weighted by Crippen LogP contribution is -2.55. The van der Waals surface area contributed by atoms with E-state index in [1.54, 1.807) is 0 Å². The normalized spacial score (nSPS) is 24.4. The number of hydrogen-bond donors (Lipinski definition) is 1. The van der Waals surface area contributed by atoms with E-state index in [1.807, 2.05) is 11.8 Å². The zero-order valence-electron chi connectivity index (χ0n) is 10.7. The second-order valence-electron chi connectivity index (χ2n) is 5.52. The maximum Gasteiger partial charge on any atom is 0.0244 e. The molecule has 1 rings (SSSR count). The number of nitrogens with zero attached hydrogens (tertiary/aromatic N) is 1. The highest BCUT2D eigenvalue weighted by Crippen LogP contribution is 2.21. The van der Waals surface area contributed by atoms with Crippen LogP contribution < -0.4 is 5.32 Å². The van der Waals surface area contributed by atoms with Gasteiger partial charge in [0.2, 0.25) is 0 Å². The van der Waals surface area contributed by atoms with Gasteiger partial charge in [-0.3, -0.25) is 0 Å². The summed E-state index contributed by atoms with van der Waals surface area (Å²) in [6.45, 7) is 11.9. The minimum atomic E-state index is 0.387. The maximum absolute atomic E-state index is 3.63. The molecule has 0 bridgehead atoms. The van der Waals surface area contributed by atoms with Gasteiger partial charge >= 0.3 is 0 Å². The van der Waals surface area contributed by atoms with E-state index in [4.69, 9.17) is 0 Å². The van der Waals surface area contributed by atoms with Crippen LogP contribution in [0.5, 0.6) is 0 Å². The molecule has 1 N–H and O–H groups in total. The van der Waals surface area contributed by atoms with Gasteiger partial charge in [0.15, 0.2) is 0 Å². The monoisotopic (exact) mass is 230 g/mol. The van der Waals surface area contributed by atoms with Crippen molar-refractivity contribution in [3.63, 3.8) is 0 Å². The number of rotatable bonds is 4. The smallest absolute Gasteiger partial charge is 0.0244 e. The zero-order chi connectivity index (χ0) is 11.3. The quantitative estimate of drug-likeness (QED) is 0.744. The van der Waals surface area contributed by atoms with Crippen LogP contribution in [0.15, 0.2) is 0 Å². The molecule has 1 saturated heterocycles. The Balaban J connectivity index is 2.29. The van der Waals surface area contributed by atoms with E-state index in [9.17, 15) is 0 Å². The van der Waals surface area contributed by atoms with Crippen LogP contribution in [0.1, 0.15) is 27.2 Å². The van der Waals surface area contributed by atoms with Crippen LogP contribution in [0.3, 0.4) is 0 Å². The number of thioether (sulfide) groups is 1. The summed E-state index contributed by atoms with van der Waals surface area (Å²) in [7, 11) is 0. The Morgan fingerprint density at radius 1 is 1.40 bits per heavy atom. The van der Waals surface area contributed by atoms with Crippen LogP contribution in [0.2, 0.25) is 0 Å². The van der Waals surface area contributed by atoms with E-state index in [1.165, 1.54) is 31.8 Å². The Bertz CT molecular complexity index is 177. The SMILES string of the molecule is CSCCCN1CCNC(C(C)(C)C)C1. The van der Waals surface area contributed by atoms with Crippen molar-refractivity contribution in [3.8, 4) is 0 Å². The first-order valence-electron chi connectivity index (χ1n) is 5.98. The van der Waals surface area contributed by atoms with Crippen molar-refractivity contribution in [2.75, 3.05) is 38.2 Å². The van der Waals surface area contributed by atoms with Crippen LogP contribution in [-0.2, 0) is 0 Å². The lowest BCUT2D eigenvalue weighted by molar-refractivity contribution is 0.135. The highest BCUT2D eigenvalue weighted by Gasteiger charge is 2.28. The minimum absolute atomic E-state index is 0.387. The Hall–Kier alpha value is 0.270. The van der Waals surface area contributed by atoms with Crippen molar-refractivity contribution in [2.24, 2.45) is 5.41 Å². The molecule has 0 amide bonds. The molecule has 1 heterocycles. The summed E-state index contributed by atoms with van der Waals surface area (Å²) in [5.41, 5.74) is 0.387. The van der Waals surface area contributed by atoms with E-state index in [0.717, 1.165) is 6.54 Å². The van der Waals surface area contributed by atoms with Crippen molar-refractivity contribution in [3.05, 3.63) is 0 Å². The summed E-state index contributed by atoms with van der Waals surface area (Å²) >= 11 is 1.95. The summed E-state index contributed by atoms with van der Waals surface area (Å²) in [5, 5.41) is 3.63. The Morgan fingerprint density at radius 2 is 2.13 bits per heavy atom. The molecule has 1 fully saturated rings. The summed E-state index contributed by atoms with van der Waals surface area (Å²) in [6, 6.07) is 0.653. The molecule has 0 aromatic heterocycles. The van der Waals surface area contributed by atoms with Gasteiger partial charge in [-0.05, 0) is 30.4 Å². The maximum atomic E-state index is 3.63. The van der Waals surface area contributed by atoms with Gasteiger partial charge in [0.25, 0.3) is 0 Å². The summed E-state index contributed by atoms with van der Waals surface area (Å²) < 4.78 is 0. The highest BCUT2D eigenvalue weighted by molar-refractivity contribution is 7.98. The fraction of sp³-hybridized carbons (Fsp3) is 1.00. The van der Waals surface area contributed by atoms with Gasteiger partial charge in [0, 0.05) is 25.7 Å². The molecule has 0 spiro atoms. The molecule has 0 radical (unpaired) electrons. The summed E-state index contributed by atoms with van der Waals surface area (Å²) in [6.07, 6.45) is 3.52. The van der Waals surface area contributed by atoms with Gasteiger partial charge in [0.1, 0.15) is 0 Å². The van der Waals surface area contributed by atoms with Crippen molar-refractivity contribution in [1.82, 2.24) is 10.2 Å². The average molecular weight is 230 g/mol. The first-order chi connectivity index (χ1) is 7.04. The number of nitrogens with one attached hydrogen (secondary N) is 1. The van der Waals surface area contributed by atoms with Crippen LogP contribution in [-0.4, -0.2) is 49.1 Å². The molecular formula is C12H26N2S. The second kappa shape index (κ2) is 6.12. The minimum Gasteiger partial charge on any atom is -0.311 e. The van der Waals surface area contributed by atoms with Crippen molar-refractivity contribution >= 4 is 11.8 Å². The molecule has 2 nitrogen and oxygen atoms in total. The topological polar surface area (TPSA) is 15.3 Å². The predicted octanol–water partition coefficient (Wildman–Crippen LogP) is 2.06. The van der Waals surface area contributed by atoms with Gasteiger partial charge in [-0.1, -0.05) is 20.8 Å². The van der Waals surface area contributed by atoms with Crippen LogP contribution in [0.4, 0.5) is 0 Å². The average Bonchev–Trinajstić information content (AvgIpc) is 2.17. The van der Waals surface area contributed by atoms with E-state index in [2.05, 4.69) is 37.2 Å². The van der Waals surface area contributed by atoms with Gasteiger partial charge in [0.05, 0.1) is 0 Å². The first-order valence-corrected chi connectivity index (χ1v) is 7.38. The highest BCUT2D eigenvalue weighted by atomic mass is 32.2. The molecule has 0 aliphatic carbocycles. The standard InChI is InChI=1S/C12H26N2S/c1-12(2,3)11-10-14(8-6-13-11)7-5-9-15-4/h11,13H,5-10H2,1-4H3. The molecule has 1 atom stereocenters. The Kier molecular flexibility index (Phi) is 5.44. The third kappa shape index (κ3) is 4.75. The van der Waals surface area contributed by atoms with E-state index < -0.39 is 0 Å². The molecule has 90 valence electrons. The third-order valence-corrected chi connectivity index (χ3v) is 3.82. The van der Waals surface area contributed by atoms with Crippen LogP contribution in [0.25, 0.3) is 0 Å². The van der Waals surface area contributed by atoms with Crippen LogP contribution >= 0.6 is 11.8 Å². The molecule has 0 saturated carbocycles. The van der Waals surface area contributed by atoms with E-state index in [-0.39, 0.29) is 0 Å². The molecule has 0 aromatic rings. The molecule has 1 aliphatic rings. The number of piperazine rings is 1. The van der Waals surface area contributed by atoms with Crippen molar-refractivity contribution in [1.29, 1.82) is 0 Å². The lowest BCUT2D eigenvalue weighted by Gasteiger charge is -2.40. The molecule has 1 unspecified atom stereocenters. The van der Waals surface area contributed by atoms with Gasteiger partial charge in [-0.2, -0.15) is 11.8 Å². The number of hydrogen-bond acceptors (Lipinski definition) is 3. The first kappa shape index (κ1) is 13.3.